The standard InChI is InChI=1S/C35H44N7O18P3/c1-21-18-35(2,3)41(27-16-29(56-4)26(15-25(21)27)39-38-23-9-11-24(12-10-23)42(47)48)14-6-8-31(44)36-13-5-7-22-19-40(34(46)37-33(22)45)32-17-28(43)30(58-32)20-57-62(52,53)60-63(54,55)59-61(49,50)51/h5,7,9-12,15-16,18-19,28,30,32,43H,6,8,13-14,17,20H2,1-4H3,(H,36,44)(H,52,53)(H,54,55)(H,37,45,46)(H2,49,50,51)/b7-5+,39-38?/t28?,30?,32-/m1/s1. The number of ether oxygens (including phenoxy) is 2. The number of aromatic nitrogens is 2. The van der Waals surface area contributed by atoms with Crippen molar-refractivity contribution in [3.8, 4) is 5.75 Å². The maximum absolute atomic E-state index is 12.9. The largest absolute Gasteiger partial charge is 0.494 e. The SMILES string of the molecule is COc1cc2c(cc1N=Nc1ccc([N+](=O)[O-])cc1)C(C)=CC(C)(C)N2CCCC(=O)NC/C=C/c1cn([C@H]2CC(O)C(COP(=O)(O)OP(=O)(O)OP(=O)(O)O)O2)c(=O)[nH]c1=O. The number of phosphoric ester groups is 1. The molecule has 2 aliphatic rings. The quantitative estimate of drug-likeness (QED) is 0.0377. The molecule has 0 radical (unpaired) electrons. The number of hydrogen-bond acceptors (Lipinski definition) is 17. The van der Waals surface area contributed by atoms with Crippen LogP contribution in [0.15, 0.2) is 74.6 Å². The molecule has 3 aromatic rings. The van der Waals surface area contributed by atoms with E-state index in [1.165, 1.54) is 43.5 Å². The summed E-state index contributed by atoms with van der Waals surface area (Å²) in [7, 11) is -15.4. The zero-order valence-electron chi connectivity index (χ0n) is 33.9. The lowest BCUT2D eigenvalue weighted by Gasteiger charge is -2.43. The van der Waals surface area contributed by atoms with Gasteiger partial charge in [-0.1, -0.05) is 18.2 Å². The molecule has 5 atom stereocenters. The molecular weight excluding hydrogens is 899 g/mol. The number of phosphoric acid groups is 3. The number of rotatable bonds is 19. The highest BCUT2D eigenvalue weighted by atomic mass is 31.3. The van der Waals surface area contributed by atoms with E-state index in [9.17, 15) is 53.1 Å². The van der Waals surface area contributed by atoms with Gasteiger partial charge in [0.05, 0.1) is 41.5 Å². The molecule has 28 heteroatoms. The Balaban J connectivity index is 1.15. The first-order chi connectivity index (χ1) is 29.4. The third-order valence-corrected chi connectivity index (χ3v) is 13.2. The number of nitrogens with one attached hydrogen (secondary N) is 2. The Morgan fingerprint density at radius 2 is 1.79 bits per heavy atom. The number of non-ortho nitro benzene ring substituents is 1. The minimum atomic E-state index is -5.78. The number of aliphatic hydroxyl groups excluding tert-OH is 1. The first-order valence-electron chi connectivity index (χ1n) is 18.6. The summed E-state index contributed by atoms with van der Waals surface area (Å²) in [6, 6.07) is 9.35. The van der Waals surface area contributed by atoms with Gasteiger partial charge in [-0.15, -0.1) is 5.11 Å². The van der Waals surface area contributed by atoms with E-state index in [-0.39, 0.29) is 36.5 Å². The van der Waals surface area contributed by atoms with Crippen LogP contribution in [0.1, 0.15) is 57.4 Å². The van der Waals surface area contributed by atoms with Crippen molar-refractivity contribution >= 4 is 63.8 Å². The smallest absolute Gasteiger partial charge is 0.490 e. The molecule has 0 spiro atoms. The summed E-state index contributed by atoms with van der Waals surface area (Å²) in [5, 5.41) is 32.8. The molecule has 0 aliphatic carbocycles. The summed E-state index contributed by atoms with van der Waals surface area (Å²) in [4.78, 5) is 89.2. The number of nitrogens with zero attached hydrogens (tertiary/aromatic N) is 5. The van der Waals surface area contributed by atoms with Crippen LogP contribution in [0.5, 0.6) is 5.75 Å². The van der Waals surface area contributed by atoms with Gasteiger partial charge in [0.15, 0.2) is 0 Å². The molecule has 4 unspecified atom stereocenters. The monoisotopic (exact) mass is 943 g/mol. The molecule has 5 rings (SSSR count). The highest BCUT2D eigenvalue weighted by Crippen LogP contribution is 2.66. The molecule has 342 valence electrons. The van der Waals surface area contributed by atoms with Crippen molar-refractivity contribution in [1.29, 1.82) is 0 Å². The van der Waals surface area contributed by atoms with E-state index < -0.39 is 70.2 Å². The lowest BCUT2D eigenvalue weighted by molar-refractivity contribution is -0.384. The van der Waals surface area contributed by atoms with Crippen molar-refractivity contribution in [2.75, 3.05) is 31.7 Å². The predicted octanol–water partition coefficient (Wildman–Crippen LogP) is 4.47. The molecule has 25 nitrogen and oxygen atoms in total. The summed E-state index contributed by atoms with van der Waals surface area (Å²) >= 11 is 0. The second-order valence-corrected chi connectivity index (χ2v) is 18.9. The number of hydrogen-bond donors (Lipinski definition) is 7. The predicted molar refractivity (Wildman–Crippen MR) is 222 cm³/mol. The van der Waals surface area contributed by atoms with E-state index in [1.54, 1.807) is 0 Å². The van der Waals surface area contributed by atoms with Gasteiger partial charge in [0.1, 0.15) is 23.8 Å². The van der Waals surface area contributed by atoms with Crippen LogP contribution in [0.4, 0.5) is 22.7 Å². The Hall–Kier alpha value is -5.00. The molecule has 1 fully saturated rings. The van der Waals surface area contributed by atoms with Gasteiger partial charge in [0.2, 0.25) is 5.91 Å². The molecule has 1 aromatic heterocycles. The van der Waals surface area contributed by atoms with Crippen LogP contribution in [0.25, 0.3) is 11.6 Å². The summed E-state index contributed by atoms with van der Waals surface area (Å²) in [6.45, 7) is 5.58. The Bertz CT molecular complexity index is 2570. The van der Waals surface area contributed by atoms with Gasteiger partial charge in [-0.3, -0.25) is 33.8 Å². The van der Waals surface area contributed by atoms with Crippen LogP contribution < -0.4 is 26.2 Å². The fourth-order valence-electron chi connectivity index (χ4n) is 6.68. The molecule has 0 saturated carbocycles. The van der Waals surface area contributed by atoms with E-state index in [0.717, 1.165) is 27.6 Å². The normalized spacial score (nSPS) is 20.6. The number of H-pyrrole nitrogens is 1. The van der Waals surface area contributed by atoms with Crippen molar-refractivity contribution < 1.29 is 70.7 Å². The van der Waals surface area contributed by atoms with Crippen LogP contribution >= 0.6 is 23.5 Å². The maximum atomic E-state index is 12.9. The molecule has 1 saturated heterocycles. The first kappa shape index (κ1) is 49.0. The van der Waals surface area contributed by atoms with Gasteiger partial charge in [-0.05, 0) is 51.0 Å². The number of benzene rings is 2. The second-order valence-electron chi connectivity index (χ2n) is 14.5. The number of allylic oxidation sites excluding steroid dienone is 1. The minimum absolute atomic E-state index is 0.00703. The fourth-order valence-corrected chi connectivity index (χ4v) is 9.71. The molecule has 2 aromatic carbocycles. The van der Waals surface area contributed by atoms with Crippen LogP contribution in [0, 0.1) is 10.1 Å². The molecule has 2 aliphatic heterocycles. The highest BCUT2D eigenvalue weighted by Gasteiger charge is 2.43. The number of methoxy groups -OCH3 is 1. The zero-order valence-corrected chi connectivity index (χ0v) is 36.6. The summed E-state index contributed by atoms with van der Waals surface area (Å²) in [5.74, 6) is 0.161. The third-order valence-electron chi connectivity index (χ3n) is 9.44. The van der Waals surface area contributed by atoms with Gasteiger partial charge >= 0.3 is 29.2 Å². The number of anilines is 1. The lowest BCUT2D eigenvalue weighted by Crippen LogP contribution is -2.45. The zero-order chi connectivity index (χ0) is 46.5. The van der Waals surface area contributed by atoms with E-state index in [4.69, 9.17) is 19.3 Å². The van der Waals surface area contributed by atoms with Crippen molar-refractivity contribution in [1.82, 2.24) is 14.9 Å². The highest BCUT2D eigenvalue weighted by molar-refractivity contribution is 7.66. The number of amides is 1. The summed E-state index contributed by atoms with van der Waals surface area (Å²) in [5.41, 5.74) is 1.31. The number of fused-ring (bicyclic) bond motifs is 1. The number of nitro groups is 1. The summed E-state index contributed by atoms with van der Waals surface area (Å²) in [6.07, 6.45) is 2.21. The van der Waals surface area contributed by atoms with E-state index in [1.807, 2.05) is 32.9 Å². The number of carbonyl (C=O) groups is 1. The van der Waals surface area contributed by atoms with Crippen LogP contribution in [0.2, 0.25) is 0 Å². The molecular formula is C35H44N7O18P3. The van der Waals surface area contributed by atoms with Gasteiger partial charge < -0.3 is 44.4 Å². The van der Waals surface area contributed by atoms with E-state index in [0.29, 0.717) is 30.1 Å². The van der Waals surface area contributed by atoms with Crippen LogP contribution in [-0.2, 0) is 36.4 Å². The van der Waals surface area contributed by atoms with E-state index in [2.05, 4.69) is 44.7 Å². The number of aromatic amines is 1. The fraction of sp³-hybridized carbons (Fsp3) is 0.400. The minimum Gasteiger partial charge on any atom is -0.494 e. The second kappa shape index (κ2) is 19.8. The van der Waals surface area contributed by atoms with Gasteiger partial charge in [0, 0.05) is 61.6 Å². The van der Waals surface area contributed by atoms with Crippen molar-refractivity contribution in [3.05, 3.63) is 96.8 Å². The van der Waals surface area contributed by atoms with Crippen molar-refractivity contribution in [3.63, 3.8) is 0 Å². The number of nitro benzene ring substituents is 1. The van der Waals surface area contributed by atoms with Gasteiger partial charge in [0.25, 0.3) is 11.2 Å². The molecule has 3 heterocycles. The van der Waals surface area contributed by atoms with Gasteiger partial charge in [-0.2, -0.15) is 13.7 Å². The van der Waals surface area contributed by atoms with E-state index >= 15 is 0 Å². The third kappa shape index (κ3) is 13.3. The van der Waals surface area contributed by atoms with Crippen LogP contribution in [0.3, 0.4) is 0 Å². The average molecular weight is 944 g/mol. The molecule has 0 bridgehead atoms. The first-order valence-corrected chi connectivity index (χ1v) is 23.2. The molecule has 7 N–H and O–H groups in total. The van der Waals surface area contributed by atoms with Crippen molar-refractivity contribution in [2.45, 2.75) is 64.0 Å². The Morgan fingerprint density at radius 1 is 1.10 bits per heavy atom. The number of aliphatic hydroxyl groups is 1. The Labute approximate surface area is 357 Å². The topological polar surface area (TPSA) is 354 Å². The summed E-state index contributed by atoms with van der Waals surface area (Å²) < 4.78 is 58.4. The molecule has 1 amide bonds. The Morgan fingerprint density at radius 3 is 2.44 bits per heavy atom. The maximum Gasteiger partial charge on any atom is 0.490 e. The van der Waals surface area contributed by atoms with Crippen molar-refractivity contribution in [2.24, 2.45) is 10.2 Å². The number of carbonyl (C=O) groups excluding carboxylic acids is 1. The number of azo groups is 1. The molecule has 63 heavy (non-hydrogen) atoms. The van der Waals surface area contributed by atoms with Gasteiger partial charge in [-0.25, -0.2) is 18.5 Å². The van der Waals surface area contributed by atoms with Crippen LogP contribution in [-0.4, -0.2) is 89.6 Å². The Kier molecular flexibility index (Phi) is 15.4. The lowest BCUT2D eigenvalue weighted by atomic mass is 9.88. The average Bonchev–Trinajstić information content (AvgIpc) is 3.54.